The fourth-order valence-corrected chi connectivity index (χ4v) is 9.83. The van der Waals surface area contributed by atoms with Crippen LogP contribution in [0.1, 0.15) is 98.3 Å². The molecular formula is C34H58O9. The lowest BCUT2D eigenvalue weighted by Gasteiger charge is -2.60. The van der Waals surface area contributed by atoms with Crippen molar-refractivity contribution in [1.29, 1.82) is 0 Å². The van der Waals surface area contributed by atoms with E-state index in [-0.39, 0.29) is 37.6 Å². The van der Waals surface area contributed by atoms with Crippen LogP contribution in [-0.4, -0.2) is 95.6 Å². The van der Waals surface area contributed by atoms with Gasteiger partial charge in [-0.25, -0.2) is 0 Å². The number of aliphatic hydroxyl groups excluding tert-OH is 4. The van der Waals surface area contributed by atoms with Crippen LogP contribution in [0.15, 0.2) is 12.2 Å². The van der Waals surface area contributed by atoms with Crippen LogP contribution < -0.4 is 0 Å². The largest absolute Gasteiger partial charge is 0.394 e. The molecule has 2 heterocycles. The molecule has 13 atom stereocenters. The zero-order valence-corrected chi connectivity index (χ0v) is 26.9. The fourth-order valence-electron chi connectivity index (χ4n) is 9.83. The first-order chi connectivity index (χ1) is 20.5. The number of aliphatic hydroxyl groups is 4. The van der Waals surface area contributed by atoms with E-state index in [1.165, 1.54) is 44.1 Å². The highest BCUT2D eigenvalue weighted by Gasteiger charge is 2.58. The van der Waals surface area contributed by atoms with Gasteiger partial charge < -0.3 is 44.1 Å². The van der Waals surface area contributed by atoms with Crippen molar-refractivity contribution < 1.29 is 44.1 Å². The lowest BCUT2D eigenvalue weighted by atomic mass is 9.45. The monoisotopic (exact) mass is 610 g/mol. The van der Waals surface area contributed by atoms with E-state index in [1.807, 2.05) is 13.8 Å². The van der Waals surface area contributed by atoms with Crippen LogP contribution in [0.3, 0.4) is 0 Å². The van der Waals surface area contributed by atoms with Gasteiger partial charge >= 0.3 is 0 Å². The van der Waals surface area contributed by atoms with Gasteiger partial charge in [0.05, 0.1) is 38.1 Å². The zero-order valence-electron chi connectivity index (χ0n) is 26.9. The van der Waals surface area contributed by atoms with Crippen LogP contribution in [0.4, 0.5) is 0 Å². The second kappa shape index (κ2) is 14.0. The quantitative estimate of drug-likeness (QED) is 0.286. The van der Waals surface area contributed by atoms with Gasteiger partial charge in [0.1, 0.15) is 24.4 Å². The first kappa shape index (κ1) is 33.7. The molecule has 8 unspecified atom stereocenters. The Balaban J connectivity index is 1.24. The smallest absolute Gasteiger partial charge is 0.161 e. The highest BCUT2D eigenvalue weighted by Crippen LogP contribution is 2.65. The molecule has 3 saturated carbocycles. The maximum atomic E-state index is 11.2. The molecule has 0 aromatic rings. The third-order valence-corrected chi connectivity index (χ3v) is 11.7. The second-order valence-corrected chi connectivity index (χ2v) is 15.0. The molecule has 2 saturated heterocycles. The van der Waals surface area contributed by atoms with Gasteiger partial charge in [0.25, 0.3) is 0 Å². The van der Waals surface area contributed by atoms with Crippen molar-refractivity contribution >= 4 is 0 Å². The number of hydrogen-bond acceptors (Lipinski definition) is 9. The van der Waals surface area contributed by atoms with Gasteiger partial charge in [0.15, 0.2) is 12.6 Å². The summed E-state index contributed by atoms with van der Waals surface area (Å²) in [5.74, 6) is 2.09. The van der Waals surface area contributed by atoms with Gasteiger partial charge in [0, 0.05) is 18.3 Å². The summed E-state index contributed by atoms with van der Waals surface area (Å²) in [5.41, 5.74) is 1.63. The van der Waals surface area contributed by atoms with Crippen LogP contribution >= 0.6 is 0 Å². The topological polar surface area (TPSA) is 127 Å². The Morgan fingerprint density at radius 2 is 1.60 bits per heavy atom. The van der Waals surface area contributed by atoms with Crippen molar-refractivity contribution in [3.05, 3.63) is 12.2 Å². The third kappa shape index (κ3) is 7.05. The normalized spacial score (nSPS) is 47.6. The van der Waals surface area contributed by atoms with E-state index in [9.17, 15) is 20.4 Å². The van der Waals surface area contributed by atoms with Crippen molar-refractivity contribution in [2.75, 3.05) is 19.8 Å². The minimum atomic E-state index is -0.960. The third-order valence-electron chi connectivity index (χ3n) is 11.7. The minimum absolute atomic E-state index is 0.00620. The number of allylic oxidation sites excluding steroid dienone is 1. The minimum Gasteiger partial charge on any atom is -0.394 e. The van der Waals surface area contributed by atoms with E-state index in [4.69, 9.17) is 23.7 Å². The fraction of sp³-hybridized carbons (Fsp3) is 0.941. The second-order valence-electron chi connectivity index (χ2n) is 15.0. The van der Waals surface area contributed by atoms with Gasteiger partial charge in [-0.3, -0.25) is 0 Å². The number of hydrogen-bond donors (Lipinski definition) is 4. The van der Waals surface area contributed by atoms with E-state index < -0.39 is 49.2 Å². The molecule has 3 aliphatic carbocycles. The maximum absolute atomic E-state index is 11.2. The highest BCUT2D eigenvalue weighted by molar-refractivity contribution is 5.13. The van der Waals surface area contributed by atoms with Gasteiger partial charge in [-0.05, 0) is 82.0 Å². The maximum Gasteiger partial charge on any atom is 0.161 e. The van der Waals surface area contributed by atoms with Crippen LogP contribution in [0, 0.1) is 28.6 Å². The molecule has 4 N–H and O–H groups in total. The van der Waals surface area contributed by atoms with Crippen LogP contribution in [0.5, 0.6) is 0 Å². The summed E-state index contributed by atoms with van der Waals surface area (Å²) in [6.45, 7) is 13.0. The van der Waals surface area contributed by atoms with Crippen molar-refractivity contribution in [3.8, 4) is 0 Å². The van der Waals surface area contributed by atoms with E-state index in [2.05, 4.69) is 20.4 Å². The molecule has 0 bridgehead atoms. The molecule has 0 amide bonds. The van der Waals surface area contributed by atoms with Crippen LogP contribution in [0.2, 0.25) is 0 Å². The Labute approximate surface area is 258 Å². The predicted octanol–water partition coefficient (Wildman–Crippen LogP) is 4.09. The average Bonchev–Trinajstić information content (AvgIpc) is 3.13. The zero-order chi connectivity index (χ0) is 30.9. The molecule has 0 radical (unpaired) electrons. The predicted molar refractivity (Wildman–Crippen MR) is 161 cm³/mol. The van der Waals surface area contributed by atoms with E-state index >= 15 is 0 Å². The Kier molecular flexibility index (Phi) is 11.0. The summed E-state index contributed by atoms with van der Waals surface area (Å²) in [5, 5.41) is 42.0. The Morgan fingerprint density at radius 1 is 0.930 bits per heavy atom. The van der Waals surface area contributed by atoms with Gasteiger partial charge in [-0.2, -0.15) is 0 Å². The van der Waals surface area contributed by atoms with E-state index in [0.717, 1.165) is 31.1 Å². The molecule has 2 aliphatic heterocycles. The molecule has 9 heteroatoms. The summed E-state index contributed by atoms with van der Waals surface area (Å²) in [6, 6.07) is 0. The molecule has 0 aromatic heterocycles. The van der Waals surface area contributed by atoms with E-state index in [1.54, 1.807) is 0 Å². The summed E-state index contributed by atoms with van der Waals surface area (Å²) in [7, 11) is 0. The molecule has 0 aromatic carbocycles. The van der Waals surface area contributed by atoms with Crippen molar-refractivity contribution in [3.63, 3.8) is 0 Å². The number of ether oxygens (including phenoxy) is 5. The molecule has 5 rings (SSSR count). The molecule has 9 nitrogen and oxygen atoms in total. The first-order valence-electron chi connectivity index (χ1n) is 17.0. The average molecular weight is 611 g/mol. The molecule has 43 heavy (non-hydrogen) atoms. The number of rotatable bonds is 9. The summed E-state index contributed by atoms with van der Waals surface area (Å²) >= 11 is 0. The van der Waals surface area contributed by atoms with Gasteiger partial charge in [0.2, 0.25) is 0 Å². The molecular weight excluding hydrogens is 552 g/mol. The SMILES string of the molecule is C=C1CCCC2[C@](COC3CC(O)[C@H](O[C@@H]4CC(O)[C@H](OC(C)C)C(CO)O4)C(CO)O3)(CCC3C(C)CCC[C@]32C)C1. The molecule has 0 spiro atoms. The van der Waals surface area contributed by atoms with Crippen LogP contribution in [0.25, 0.3) is 0 Å². The van der Waals surface area contributed by atoms with Gasteiger partial charge in [-0.1, -0.05) is 38.8 Å². The van der Waals surface area contributed by atoms with Crippen LogP contribution in [-0.2, 0) is 23.7 Å². The van der Waals surface area contributed by atoms with Crippen molar-refractivity contribution in [2.45, 2.75) is 154 Å². The lowest BCUT2D eigenvalue weighted by molar-refractivity contribution is -0.327. The van der Waals surface area contributed by atoms with Crippen molar-refractivity contribution in [2.24, 2.45) is 28.6 Å². The Morgan fingerprint density at radius 3 is 2.33 bits per heavy atom. The summed E-state index contributed by atoms with van der Waals surface area (Å²) in [6.07, 6.45) is 4.32. The highest BCUT2D eigenvalue weighted by atomic mass is 16.7. The summed E-state index contributed by atoms with van der Waals surface area (Å²) in [4.78, 5) is 0. The summed E-state index contributed by atoms with van der Waals surface area (Å²) < 4.78 is 30.6. The molecule has 5 aliphatic rings. The standard InChI is InChI=1S/C34H58O9/c1-20(2)40-31-25(38)15-30(42-26(31)17-35)43-32-24(37)14-29(41-27(32)18-36)39-19-34-13-11-23-22(4)9-7-12-33(23,5)28(34)10-6-8-21(3)16-34/h20,22-32,35-38H,3,6-19H2,1-2,4-5H3/t22?,23?,24?,25?,26?,27?,28?,29?,30-,31+,32+,33-,34-/m1/s1. The van der Waals surface area contributed by atoms with E-state index in [0.29, 0.717) is 17.9 Å². The Hall–Kier alpha value is -0.620. The lowest BCUT2D eigenvalue weighted by Crippen LogP contribution is -2.58. The molecule has 248 valence electrons. The van der Waals surface area contributed by atoms with Crippen molar-refractivity contribution in [1.82, 2.24) is 0 Å². The Bertz CT molecular complexity index is 930. The van der Waals surface area contributed by atoms with Gasteiger partial charge in [-0.15, -0.1) is 0 Å². The number of fused-ring (bicyclic) bond motifs is 3. The molecule has 5 fully saturated rings. The first-order valence-corrected chi connectivity index (χ1v) is 17.0.